The van der Waals surface area contributed by atoms with E-state index in [9.17, 15) is 13.2 Å². The van der Waals surface area contributed by atoms with Gasteiger partial charge in [-0.25, -0.2) is 0 Å². The van der Waals surface area contributed by atoms with Crippen molar-refractivity contribution in [3.05, 3.63) is 29.3 Å². The highest BCUT2D eigenvalue weighted by atomic mass is 19.4. The third-order valence-electron chi connectivity index (χ3n) is 3.30. The molecule has 6 heteroatoms. The number of hydrogen-bond acceptors (Lipinski definition) is 3. The van der Waals surface area contributed by atoms with E-state index in [1.54, 1.807) is 0 Å². The largest absolute Gasteiger partial charge is 0.416 e. The molecular weight excluding hydrogens is 279 g/mol. The van der Waals surface area contributed by atoms with E-state index < -0.39 is 11.7 Å². The van der Waals surface area contributed by atoms with E-state index in [1.807, 2.05) is 13.0 Å². The number of benzene rings is 1. The van der Waals surface area contributed by atoms with Gasteiger partial charge in [-0.3, -0.25) is 0 Å². The fourth-order valence-corrected chi connectivity index (χ4v) is 2.12. The van der Waals surface area contributed by atoms with Gasteiger partial charge in [0, 0.05) is 12.6 Å². The Kier molecular flexibility index (Phi) is 6.03. The fraction of sp³-hybridized carbons (Fsp3) is 0.533. The predicted octanol–water partition coefficient (Wildman–Crippen LogP) is 3.72. The molecule has 0 aliphatic rings. The maximum absolute atomic E-state index is 12.6. The van der Waals surface area contributed by atoms with E-state index in [1.165, 1.54) is 6.07 Å². The number of halogens is 3. The van der Waals surface area contributed by atoms with E-state index in [-0.39, 0.29) is 11.6 Å². The Morgan fingerprint density at radius 1 is 1.29 bits per heavy atom. The number of nitriles is 1. The van der Waals surface area contributed by atoms with Crippen molar-refractivity contribution in [2.45, 2.75) is 33.0 Å². The van der Waals surface area contributed by atoms with Crippen molar-refractivity contribution in [2.75, 3.05) is 25.0 Å². The third-order valence-corrected chi connectivity index (χ3v) is 3.30. The van der Waals surface area contributed by atoms with Gasteiger partial charge in [-0.2, -0.15) is 18.4 Å². The molecule has 0 radical (unpaired) electrons. The molecule has 1 atom stereocenters. The van der Waals surface area contributed by atoms with Crippen molar-refractivity contribution < 1.29 is 13.2 Å². The monoisotopic (exact) mass is 299 g/mol. The molecule has 0 heterocycles. The predicted molar refractivity (Wildman–Crippen MR) is 77.0 cm³/mol. The lowest BCUT2D eigenvalue weighted by Crippen LogP contribution is -2.34. The smallest absolute Gasteiger partial charge is 0.380 e. The maximum Gasteiger partial charge on any atom is 0.416 e. The Bertz CT molecular complexity index is 502. The van der Waals surface area contributed by atoms with E-state index in [0.29, 0.717) is 5.69 Å². The Balaban J connectivity index is 2.87. The number of nitrogens with one attached hydrogen (secondary N) is 1. The Hall–Kier alpha value is -1.74. The molecule has 0 bridgehead atoms. The van der Waals surface area contributed by atoms with Gasteiger partial charge < -0.3 is 10.2 Å². The molecule has 0 aromatic heterocycles. The molecule has 0 aliphatic heterocycles. The van der Waals surface area contributed by atoms with Crippen LogP contribution in [0.15, 0.2) is 18.2 Å². The minimum Gasteiger partial charge on any atom is -0.380 e. The van der Waals surface area contributed by atoms with Crippen LogP contribution in [0.4, 0.5) is 18.9 Å². The SMILES string of the molecule is CCN(CC)CC(C)Nc1ccc(C(F)(F)F)cc1C#N. The summed E-state index contributed by atoms with van der Waals surface area (Å²) in [5.74, 6) is 0. The standard InChI is InChI=1S/C15H20F3N3/c1-4-21(5-2)10-11(3)20-14-7-6-13(15(16,17)18)8-12(14)9-19/h6-8,11,20H,4-5,10H2,1-3H3. The zero-order chi connectivity index (χ0) is 16.0. The molecule has 1 aromatic carbocycles. The number of nitrogens with zero attached hydrogens (tertiary/aromatic N) is 2. The number of anilines is 1. The molecule has 1 rings (SSSR count). The lowest BCUT2D eigenvalue weighted by atomic mass is 10.1. The first-order valence-corrected chi connectivity index (χ1v) is 6.92. The Morgan fingerprint density at radius 3 is 2.38 bits per heavy atom. The second-order valence-corrected chi connectivity index (χ2v) is 4.90. The van der Waals surface area contributed by atoms with Crippen LogP contribution in [-0.4, -0.2) is 30.6 Å². The molecule has 0 spiro atoms. The van der Waals surface area contributed by atoms with Gasteiger partial charge in [0.2, 0.25) is 0 Å². The lowest BCUT2D eigenvalue weighted by Gasteiger charge is -2.24. The molecule has 1 aromatic rings. The number of alkyl halides is 3. The topological polar surface area (TPSA) is 39.1 Å². The van der Waals surface area contributed by atoms with E-state index in [0.717, 1.165) is 31.8 Å². The first-order chi connectivity index (χ1) is 9.81. The normalized spacial score (nSPS) is 13.0. The molecule has 0 amide bonds. The quantitative estimate of drug-likeness (QED) is 0.870. The highest BCUT2D eigenvalue weighted by Gasteiger charge is 2.31. The van der Waals surface area contributed by atoms with Crippen molar-refractivity contribution in [2.24, 2.45) is 0 Å². The summed E-state index contributed by atoms with van der Waals surface area (Å²) in [6.45, 7) is 8.61. The van der Waals surface area contributed by atoms with Crippen LogP contribution in [0.2, 0.25) is 0 Å². The molecule has 0 saturated heterocycles. The van der Waals surface area contributed by atoms with E-state index >= 15 is 0 Å². The van der Waals surface area contributed by atoms with Gasteiger partial charge >= 0.3 is 6.18 Å². The van der Waals surface area contributed by atoms with Gasteiger partial charge in [0.15, 0.2) is 0 Å². The van der Waals surface area contributed by atoms with Gasteiger partial charge in [0.25, 0.3) is 0 Å². The van der Waals surface area contributed by atoms with Crippen molar-refractivity contribution in [1.82, 2.24) is 4.90 Å². The highest BCUT2D eigenvalue weighted by molar-refractivity contribution is 5.59. The van der Waals surface area contributed by atoms with Crippen molar-refractivity contribution >= 4 is 5.69 Å². The van der Waals surface area contributed by atoms with Crippen LogP contribution in [0, 0.1) is 11.3 Å². The summed E-state index contributed by atoms with van der Waals surface area (Å²) in [5, 5.41) is 12.1. The van der Waals surface area contributed by atoms with Crippen LogP contribution in [-0.2, 0) is 6.18 Å². The van der Waals surface area contributed by atoms with Gasteiger partial charge in [0.05, 0.1) is 16.8 Å². The van der Waals surface area contributed by atoms with E-state index in [4.69, 9.17) is 5.26 Å². The molecule has 1 N–H and O–H groups in total. The number of rotatable bonds is 6. The molecule has 1 unspecified atom stereocenters. The minimum absolute atomic E-state index is 0.0104. The van der Waals surface area contributed by atoms with Gasteiger partial charge in [-0.05, 0) is 38.2 Å². The van der Waals surface area contributed by atoms with Crippen LogP contribution in [0.1, 0.15) is 31.9 Å². The average Bonchev–Trinajstić information content (AvgIpc) is 2.43. The molecule has 0 fully saturated rings. The second-order valence-electron chi connectivity index (χ2n) is 4.90. The van der Waals surface area contributed by atoms with E-state index in [2.05, 4.69) is 24.1 Å². The van der Waals surface area contributed by atoms with Crippen LogP contribution >= 0.6 is 0 Å². The minimum atomic E-state index is -4.43. The summed E-state index contributed by atoms with van der Waals surface area (Å²) in [5.41, 5.74) is -0.359. The fourth-order valence-electron chi connectivity index (χ4n) is 2.12. The van der Waals surface area contributed by atoms with Crippen LogP contribution in [0.3, 0.4) is 0 Å². The van der Waals surface area contributed by atoms with Crippen LogP contribution in [0.5, 0.6) is 0 Å². The number of likely N-dealkylation sites (N-methyl/N-ethyl adjacent to an activating group) is 1. The first kappa shape index (κ1) is 17.3. The highest BCUT2D eigenvalue weighted by Crippen LogP contribution is 2.31. The summed E-state index contributed by atoms with van der Waals surface area (Å²) in [6.07, 6.45) is -4.43. The Labute approximate surface area is 123 Å². The molecular formula is C15H20F3N3. The van der Waals surface area contributed by atoms with Crippen molar-refractivity contribution in [1.29, 1.82) is 5.26 Å². The summed E-state index contributed by atoms with van der Waals surface area (Å²) < 4.78 is 37.9. The van der Waals surface area contributed by atoms with Gasteiger partial charge in [-0.15, -0.1) is 0 Å². The summed E-state index contributed by atoms with van der Waals surface area (Å²) >= 11 is 0. The molecule has 0 aliphatic carbocycles. The lowest BCUT2D eigenvalue weighted by molar-refractivity contribution is -0.137. The first-order valence-electron chi connectivity index (χ1n) is 6.92. The van der Waals surface area contributed by atoms with Gasteiger partial charge in [0.1, 0.15) is 6.07 Å². The number of hydrogen-bond donors (Lipinski definition) is 1. The third kappa shape index (κ3) is 4.94. The second kappa shape index (κ2) is 7.32. The maximum atomic E-state index is 12.6. The summed E-state index contributed by atoms with van der Waals surface area (Å²) in [4.78, 5) is 2.20. The van der Waals surface area contributed by atoms with Crippen LogP contribution in [0.25, 0.3) is 0 Å². The molecule has 0 saturated carbocycles. The van der Waals surface area contributed by atoms with Crippen LogP contribution < -0.4 is 5.32 Å². The summed E-state index contributed by atoms with van der Waals surface area (Å²) in [6, 6.07) is 5.05. The Morgan fingerprint density at radius 2 is 1.90 bits per heavy atom. The average molecular weight is 299 g/mol. The van der Waals surface area contributed by atoms with Crippen molar-refractivity contribution in [3.8, 4) is 6.07 Å². The van der Waals surface area contributed by atoms with Gasteiger partial charge in [-0.1, -0.05) is 13.8 Å². The zero-order valence-corrected chi connectivity index (χ0v) is 12.5. The zero-order valence-electron chi connectivity index (χ0n) is 12.5. The molecule has 21 heavy (non-hydrogen) atoms. The van der Waals surface area contributed by atoms with Crippen molar-refractivity contribution in [3.63, 3.8) is 0 Å². The molecule has 3 nitrogen and oxygen atoms in total. The summed E-state index contributed by atoms with van der Waals surface area (Å²) in [7, 11) is 0. The molecule has 116 valence electrons.